The number of sulfone groups is 1. The molecule has 0 unspecified atom stereocenters. The van der Waals surface area contributed by atoms with Crippen molar-refractivity contribution in [2.75, 3.05) is 6.26 Å². The zero-order valence-electron chi connectivity index (χ0n) is 8.33. The molecule has 0 atom stereocenters. The molecule has 15 heavy (non-hydrogen) atoms. The first-order chi connectivity index (χ1) is 6.84. The van der Waals surface area contributed by atoms with Crippen molar-refractivity contribution in [1.29, 1.82) is 0 Å². The van der Waals surface area contributed by atoms with Crippen molar-refractivity contribution in [3.8, 4) is 0 Å². The number of nitrogens with two attached hydrogens (primary N) is 1. The van der Waals surface area contributed by atoms with Gasteiger partial charge in [0.2, 0.25) is 0 Å². The van der Waals surface area contributed by atoms with Crippen molar-refractivity contribution in [2.45, 2.75) is 23.3 Å². The van der Waals surface area contributed by atoms with Crippen LogP contribution in [0.1, 0.15) is 18.4 Å². The normalized spacial score (nSPS) is 18.9. The number of hydrogen-bond acceptors (Lipinski definition) is 3. The van der Waals surface area contributed by atoms with Crippen LogP contribution < -0.4 is 5.73 Å². The Morgan fingerprint density at radius 2 is 2.00 bits per heavy atom. The average Bonchev–Trinajstić information content (AvgIpc) is 2.83. The summed E-state index contributed by atoms with van der Waals surface area (Å²) < 4.78 is 36.4. The van der Waals surface area contributed by atoms with Crippen LogP contribution in [0, 0.1) is 5.82 Å². The third-order valence-electron chi connectivity index (χ3n) is 2.69. The highest BCUT2D eigenvalue weighted by Crippen LogP contribution is 2.44. The Balaban J connectivity index is 2.62. The molecule has 1 aliphatic carbocycles. The molecule has 0 amide bonds. The van der Waals surface area contributed by atoms with E-state index in [4.69, 9.17) is 5.73 Å². The highest BCUT2D eigenvalue weighted by atomic mass is 32.2. The maximum absolute atomic E-state index is 13.8. The van der Waals surface area contributed by atoms with Gasteiger partial charge in [0.1, 0.15) is 10.7 Å². The fourth-order valence-corrected chi connectivity index (χ4v) is 2.35. The zero-order chi connectivity index (χ0) is 11.3. The van der Waals surface area contributed by atoms with Crippen LogP contribution in [-0.4, -0.2) is 14.7 Å². The second kappa shape index (κ2) is 3.02. The standard InChI is InChI=1S/C10H12FNO2S/c1-15(13,14)8-4-2-3-7(9(8)11)10(12)5-6-10/h2-4H,5-6,12H2,1H3. The number of hydrogen-bond donors (Lipinski definition) is 1. The Morgan fingerprint density at radius 1 is 1.40 bits per heavy atom. The van der Waals surface area contributed by atoms with Crippen molar-refractivity contribution in [3.05, 3.63) is 29.6 Å². The molecule has 0 aliphatic heterocycles. The smallest absolute Gasteiger partial charge is 0.178 e. The van der Waals surface area contributed by atoms with Gasteiger partial charge in [-0.15, -0.1) is 0 Å². The van der Waals surface area contributed by atoms with Crippen LogP contribution in [0.3, 0.4) is 0 Å². The predicted molar refractivity (Wildman–Crippen MR) is 54.6 cm³/mol. The molecule has 1 fully saturated rings. The molecule has 1 saturated carbocycles. The van der Waals surface area contributed by atoms with E-state index in [1.54, 1.807) is 6.07 Å². The van der Waals surface area contributed by atoms with Crippen LogP contribution in [0.4, 0.5) is 4.39 Å². The third-order valence-corrected chi connectivity index (χ3v) is 3.80. The van der Waals surface area contributed by atoms with Crippen molar-refractivity contribution in [2.24, 2.45) is 5.73 Å². The molecule has 1 aromatic rings. The molecule has 0 spiro atoms. The molecule has 3 nitrogen and oxygen atoms in total. The van der Waals surface area contributed by atoms with Crippen molar-refractivity contribution >= 4 is 9.84 Å². The fraction of sp³-hybridized carbons (Fsp3) is 0.400. The lowest BCUT2D eigenvalue weighted by Gasteiger charge is -2.12. The lowest BCUT2D eigenvalue weighted by Crippen LogP contribution is -2.21. The highest BCUT2D eigenvalue weighted by molar-refractivity contribution is 7.90. The van der Waals surface area contributed by atoms with Gasteiger partial charge >= 0.3 is 0 Å². The van der Waals surface area contributed by atoms with Crippen LogP contribution in [-0.2, 0) is 15.4 Å². The number of benzene rings is 1. The third kappa shape index (κ3) is 1.77. The van der Waals surface area contributed by atoms with Gasteiger partial charge in [0, 0.05) is 17.4 Å². The SMILES string of the molecule is CS(=O)(=O)c1cccc(C2(N)CC2)c1F. The Kier molecular flexibility index (Phi) is 2.13. The zero-order valence-corrected chi connectivity index (χ0v) is 9.14. The lowest BCUT2D eigenvalue weighted by atomic mass is 10.1. The van der Waals surface area contributed by atoms with E-state index in [2.05, 4.69) is 0 Å². The van der Waals surface area contributed by atoms with Gasteiger partial charge in [-0.25, -0.2) is 12.8 Å². The van der Waals surface area contributed by atoms with Gasteiger partial charge in [-0.3, -0.25) is 0 Å². The quantitative estimate of drug-likeness (QED) is 0.828. The van der Waals surface area contributed by atoms with E-state index >= 15 is 0 Å². The Morgan fingerprint density at radius 3 is 2.47 bits per heavy atom. The molecule has 1 aromatic carbocycles. The van der Waals surface area contributed by atoms with Crippen LogP contribution >= 0.6 is 0 Å². The minimum atomic E-state index is -3.52. The second-order valence-electron chi connectivity index (χ2n) is 4.05. The van der Waals surface area contributed by atoms with E-state index in [1.165, 1.54) is 12.1 Å². The molecule has 0 radical (unpaired) electrons. The Bertz CT molecular complexity index is 506. The molecule has 0 saturated heterocycles. The fourth-order valence-electron chi connectivity index (χ4n) is 1.59. The summed E-state index contributed by atoms with van der Waals surface area (Å²) in [7, 11) is -3.52. The van der Waals surface area contributed by atoms with E-state index in [1.807, 2.05) is 0 Å². The summed E-state index contributed by atoms with van der Waals surface area (Å²) >= 11 is 0. The Labute approximate surface area is 88.0 Å². The first-order valence-corrected chi connectivity index (χ1v) is 6.52. The first-order valence-electron chi connectivity index (χ1n) is 4.62. The summed E-state index contributed by atoms with van der Waals surface area (Å²) in [6, 6.07) is 4.35. The van der Waals surface area contributed by atoms with Gasteiger partial charge in [0.05, 0.1) is 0 Å². The molecule has 2 rings (SSSR count). The van der Waals surface area contributed by atoms with Crippen molar-refractivity contribution in [1.82, 2.24) is 0 Å². The van der Waals surface area contributed by atoms with Crippen LogP contribution in [0.15, 0.2) is 23.1 Å². The average molecular weight is 229 g/mol. The van der Waals surface area contributed by atoms with Crippen molar-refractivity contribution < 1.29 is 12.8 Å². The largest absolute Gasteiger partial charge is 0.321 e. The van der Waals surface area contributed by atoms with Crippen molar-refractivity contribution in [3.63, 3.8) is 0 Å². The summed E-state index contributed by atoms with van der Waals surface area (Å²) in [6.07, 6.45) is 2.40. The molecule has 0 aromatic heterocycles. The van der Waals surface area contributed by atoms with Gasteiger partial charge in [0.25, 0.3) is 0 Å². The summed E-state index contributed by atoms with van der Waals surface area (Å²) in [5.74, 6) is -0.694. The maximum Gasteiger partial charge on any atom is 0.178 e. The molecular weight excluding hydrogens is 217 g/mol. The van der Waals surface area contributed by atoms with Gasteiger partial charge < -0.3 is 5.73 Å². The van der Waals surface area contributed by atoms with E-state index in [0.717, 1.165) is 6.26 Å². The minimum absolute atomic E-state index is 0.267. The van der Waals surface area contributed by atoms with Crippen LogP contribution in [0.2, 0.25) is 0 Å². The molecule has 5 heteroatoms. The van der Waals surface area contributed by atoms with Gasteiger partial charge in [-0.2, -0.15) is 0 Å². The maximum atomic E-state index is 13.8. The highest BCUT2D eigenvalue weighted by Gasteiger charge is 2.42. The molecule has 0 bridgehead atoms. The second-order valence-corrected chi connectivity index (χ2v) is 6.03. The summed E-state index contributed by atoms with van der Waals surface area (Å²) in [5.41, 5.74) is 5.51. The van der Waals surface area contributed by atoms with E-state index in [0.29, 0.717) is 18.4 Å². The topological polar surface area (TPSA) is 60.2 Å². The Hall–Kier alpha value is -0.940. The molecule has 0 heterocycles. The minimum Gasteiger partial charge on any atom is -0.321 e. The monoisotopic (exact) mass is 229 g/mol. The van der Waals surface area contributed by atoms with Gasteiger partial charge in [-0.05, 0) is 18.9 Å². The van der Waals surface area contributed by atoms with Crippen LogP contribution in [0.5, 0.6) is 0 Å². The molecule has 1 aliphatic rings. The molecule has 82 valence electrons. The van der Waals surface area contributed by atoms with E-state index in [-0.39, 0.29) is 4.90 Å². The lowest BCUT2D eigenvalue weighted by molar-refractivity contribution is 0.542. The van der Waals surface area contributed by atoms with E-state index < -0.39 is 21.2 Å². The van der Waals surface area contributed by atoms with Gasteiger partial charge in [-0.1, -0.05) is 12.1 Å². The number of rotatable bonds is 2. The molecule has 2 N–H and O–H groups in total. The predicted octanol–water partition coefficient (Wildman–Crippen LogP) is 1.18. The summed E-state index contributed by atoms with van der Waals surface area (Å²) in [6.45, 7) is 0. The summed E-state index contributed by atoms with van der Waals surface area (Å²) in [5, 5.41) is 0. The number of halogens is 1. The summed E-state index contributed by atoms with van der Waals surface area (Å²) in [4.78, 5) is -0.267. The van der Waals surface area contributed by atoms with E-state index in [9.17, 15) is 12.8 Å². The molecular formula is C10H12FNO2S. The first kappa shape index (κ1) is 10.6. The van der Waals surface area contributed by atoms with Gasteiger partial charge in [0.15, 0.2) is 9.84 Å². The van der Waals surface area contributed by atoms with Crippen LogP contribution in [0.25, 0.3) is 0 Å².